The Labute approximate surface area is 372 Å². The van der Waals surface area contributed by atoms with Crippen molar-refractivity contribution in [1.29, 1.82) is 0 Å². The monoisotopic (exact) mass is 910 g/mol. The number of carboxylic acid groups (broad SMARTS) is 1. The van der Waals surface area contributed by atoms with Gasteiger partial charge in [0.1, 0.15) is 22.6 Å². The van der Waals surface area contributed by atoms with E-state index in [0.29, 0.717) is 46.9 Å². The molecular formula is C44H57Cl3N2O12. The van der Waals surface area contributed by atoms with Crippen LogP contribution in [0.5, 0.6) is 0 Å². The first-order chi connectivity index (χ1) is 28.8. The van der Waals surface area contributed by atoms with E-state index in [4.69, 9.17) is 54.1 Å². The Morgan fingerprint density at radius 2 is 1.05 bits per heavy atom. The molecule has 0 spiro atoms. The van der Waals surface area contributed by atoms with Gasteiger partial charge in [-0.05, 0) is 50.7 Å². The van der Waals surface area contributed by atoms with Crippen LogP contribution in [0.25, 0.3) is 0 Å². The fourth-order valence-corrected chi connectivity index (χ4v) is 7.74. The Morgan fingerprint density at radius 3 is 1.43 bits per heavy atom. The summed E-state index contributed by atoms with van der Waals surface area (Å²) in [4.78, 5) is 97.1. The number of benzene rings is 2. The van der Waals surface area contributed by atoms with Gasteiger partial charge in [0.2, 0.25) is 6.79 Å². The minimum atomic E-state index is -1.22. The van der Waals surface area contributed by atoms with E-state index in [1.807, 2.05) is 6.07 Å². The lowest BCUT2D eigenvalue weighted by atomic mass is 9.74. The summed E-state index contributed by atoms with van der Waals surface area (Å²) < 4.78 is 14.8. The number of ketones is 4. The highest BCUT2D eigenvalue weighted by Crippen LogP contribution is 2.44. The van der Waals surface area contributed by atoms with E-state index >= 15 is 0 Å². The lowest BCUT2D eigenvalue weighted by Crippen LogP contribution is -2.54. The molecule has 4 rings (SSSR count). The number of ether oxygens (including phenoxy) is 3. The van der Waals surface area contributed by atoms with Gasteiger partial charge in [-0.25, -0.2) is 9.59 Å². The van der Waals surface area contributed by atoms with Crippen LogP contribution in [-0.2, 0) is 54.1 Å². The van der Waals surface area contributed by atoms with Crippen molar-refractivity contribution >= 4 is 82.1 Å². The standard InChI is InChI=1S/C22H28ClNO6.C15H17Cl2NO3.C7H12O3/c1-15(2)18(25)11-12-20(27)29-14-30-21(28)24(3)22(13-7-6-10-19(22)26)16-8-4-5-9-17(16)23;1-18(14(20)21-10-16)15(9-5-4-8-13(15)19)11-6-2-3-7-12(11)17;1-5(2)6(8)3-4-7(9)10/h4-5,8-9,15H,6-7,10-14H2,1-3H3;2-3,6-7H,4-5,8-10H2,1H3;5H,3-4H2,1-2H3,(H,9,10)/t22-;15-;/m00./s1. The molecule has 0 bridgehead atoms. The molecule has 2 aromatic rings. The van der Waals surface area contributed by atoms with Gasteiger partial charge in [0.15, 0.2) is 17.6 Å². The Morgan fingerprint density at radius 1 is 0.639 bits per heavy atom. The summed E-state index contributed by atoms with van der Waals surface area (Å²) in [5, 5.41) is 9.06. The number of halogens is 3. The summed E-state index contributed by atoms with van der Waals surface area (Å²) in [6.07, 6.45) is 3.59. The predicted octanol–water partition coefficient (Wildman–Crippen LogP) is 9.27. The molecule has 2 atom stereocenters. The van der Waals surface area contributed by atoms with Crippen LogP contribution < -0.4 is 0 Å². The number of carbonyl (C=O) groups excluding carboxylic acids is 7. The highest BCUT2D eigenvalue weighted by atomic mass is 35.5. The molecule has 1 N–H and O–H groups in total. The average molecular weight is 912 g/mol. The molecule has 2 saturated carbocycles. The summed E-state index contributed by atoms with van der Waals surface area (Å²) in [5.41, 5.74) is -1.09. The quantitative estimate of drug-likeness (QED) is 0.101. The van der Waals surface area contributed by atoms with Gasteiger partial charge in [0.25, 0.3) is 0 Å². The average Bonchev–Trinajstić information content (AvgIpc) is 3.22. The van der Waals surface area contributed by atoms with Gasteiger partial charge in [-0.2, -0.15) is 0 Å². The number of esters is 1. The first kappa shape index (κ1) is 52.6. The molecular weight excluding hydrogens is 855 g/mol. The third kappa shape index (κ3) is 14.5. The Kier molecular flexibility index (Phi) is 21.9. The van der Waals surface area contributed by atoms with Gasteiger partial charge >= 0.3 is 24.1 Å². The summed E-state index contributed by atoms with van der Waals surface area (Å²) in [6, 6.07) is 13.8. The summed E-state index contributed by atoms with van der Waals surface area (Å²) in [7, 11) is 3.04. The molecule has 2 aromatic carbocycles. The zero-order valence-electron chi connectivity index (χ0n) is 35.6. The third-order valence-corrected chi connectivity index (χ3v) is 11.4. The molecule has 0 unspecified atom stereocenters. The minimum Gasteiger partial charge on any atom is -0.481 e. The van der Waals surface area contributed by atoms with Crippen molar-refractivity contribution < 1.29 is 57.7 Å². The number of rotatable bonds is 15. The largest absolute Gasteiger partial charge is 0.481 e. The number of Topliss-reactive ketones (excluding diaryl/α,β-unsaturated/α-hetero) is 4. The summed E-state index contributed by atoms with van der Waals surface area (Å²) in [6.45, 7) is 6.46. The third-order valence-electron chi connectivity index (χ3n) is 10.7. The number of carbonyl (C=O) groups is 8. The zero-order valence-corrected chi connectivity index (χ0v) is 37.9. The van der Waals surface area contributed by atoms with Crippen LogP contribution in [0.2, 0.25) is 10.0 Å². The van der Waals surface area contributed by atoms with Crippen molar-refractivity contribution in [3.63, 3.8) is 0 Å². The fraction of sp³-hybridized carbons (Fsp3) is 0.545. The Balaban J connectivity index is 0.000000357. The maximum atomic E-state index is 13.0. The van der Waals surface area contributed by atoms with Crippen molar-refractivity contribution in [1.82, 2.24) is 9.80 Å². The lowest BCUT2D eigenvalue weighted by molar-refractivity contribution is -0.154. The minimum absolute atomic E-state index is 0.0161. The molecule has 0 aliphatic heterocycles. The van der Waals surface area contributed by atoms with Gasteiger partial charge in [-0.15, -0.1) is 0 Å². The maximum Gasteiger partial charge on any atom is 0.413 e. The molecule has 14 nitrogen and oxygen atoms in total. The number of nitrogens with zero attached hydrogens (tertiary/aromatic N) is 2. The van der Waals surface area contributed by atoms with Crippen molar-refractivity contribution in [3.05, 3.63) is 69.7 Å². The van der Waals surface area contributed by atoms with Crippen LogP contribution >= 0.6 is 34.8 Å². The van der Waals surface area contributed by atoms with Crippen LogP contribution in [-0.4, -0.2) is 89.1 Å². The molecule has 0 saturated heterocycles. The fourth-order valence-electron chi connectivity index (χ4n) is 7.06. The molecule has 0 aromatic heterocycles. The molecule has 336 valence electrons. The van der Waals surface area contributed by atoms with Crippen molar-refractivity contribution in [2.75, 3.05) is 27.0 Å². The van der Waals surface area contributed by atoms with Crippen molar-refractivity contribution in [3.8, 4) is 0 Å². The maximum absolute atomic E-state index is 13.0. The number of hydrogen-bond acceptors (Lipinski definition) is 11. The zero-order chi connectivity index (χ0) is 45.9. The van der Waals surface area contributed by atoms with E-state index in [-0.39, 0.29) is 66.7 Å². The Bertz CT molecular complexity index is 1870. The predicted molar refractivity (Wildman–Crippen MR) is 229 cm³/mol. The van der Waals surface area contributed by atoms with Gasteiger partial charge in [-0.1, -0.05) is 98.9 Å². The molecule has 2 aliphatic carbocycles. The summed E-state index contributed by atoms with van der Waals surface area (Å²) >= 11 is 18.1. The van der Waals surface area contributed by atoms with E-state index in [1.54, 1.807) is 77.2 Å². The van der Waals surface area contributed by atoms with Crippen LogP contribution in [0.15, 0.2) is 48.5 Å². The van der Waals surface area contributed by atoms with Crippen LogP contribution in [0, 0.1) is 11.8 Å². The molecule has 61 heavy (non-hydrogen) atoms. The molecule has 17 heteroatoms. The second-order valence-corrected chi connectivity index (χ2v) is 16.3. The normalized spacial score (nSPS) is 18.4. The van der Waals surface area contributed by atoms with E-state index in [1.165, 1.54) is 16.8 Å². The van der Waals surface area contributed by atoms with Gasteiger partial charge < -0.3 is 19.3 Å². The van der Waals surface area contributed by atoms with Crippen LogP contribution in [0.3, 0.4) is 0 Å². The van der Waals surface area contributed by atoms with E-state index in [2.05, 4.69) is 0 Å². The van der Waals surface area contributed by atoms with Gasteiger partial charge in [0, 0.05) is 72.8 Å². The van der Waals surface area contributed by atoms with Crippen LogP contribution in [0.4, 0.5) is 9.59 Å². The lowest BCUT2D eigenvalue weighted by Gasteiger charge is -2.43. The molecule has 2 amide bonds. The molecule has 2 aliphatic rings. The topological polar surface area (TPSA) is 191 Å². The smallest absolute Gasteiger partial charge is 0.413 e. The van der Waals surface area contributed by atoms with Crippen molar-refractivity contribution in [2.45, 2.75) is 116 Å². The van der Waals surface area contributed by atoms with E-state index in [9.17, 15) is 38.4 Å². The SMILES string of the molecule is CC(C)C(=O)CCC(=O)O.CC(C)C(=O)CCC(=O)OCOC(=O)N(C)[C@]1(c2ccccc2Cl)CCCCC1=O.CN(C(=O)OCCl)[C@]1(c2ccccc2Cl)CCCCC1=O. The highest BCUT2D eigenvalue weighted by Gasteiger charge is 2.50. The molecule has 0 radical (unpaired) electrons. The highest BCUT2D eigenvalue weighted by molar-refractivity contribution is 6.32. The van der Waals surface area contributed by atoms with E-state index < -0.39 is 42.0 Å². The number of alkyl halides is 1. The van der Waals surface area contributed by atoms with Crippen LogP contribution in [0.1, 0.15) is 116 Å². The Hall–Kier alpha value is -4.53. The summed E-state index contributed by atoms with van der Waals surface area (Å²) in [5.74, 6) is -1.88. The number of hydrogen-bond donors (Lipinski definition) is 1. The van der Waals surface area contributed by atoms with Gasteiger partial charge in [-0.3, -0.25) is 38.6 Å². The number of likely N-dealkylation sites (N-methyl/N-ethyl adjacent to an activating group) is 2. The van der Waals surface area contributed by atoms with Crippen molar-refractivity contribution in [2.24, 2.45) is 11.8 Å². The van der Waals surface area contributed by atoms with E-state index in [0.717, 1.165) is 25.7 Å². The second-order valence-electron chi connectivity index (χ2n) is 15.3. The first-order valence-corrected chi connectivity index (χ1v) is 21.4. The second kappa shape index (κ2) is 25.4. The number of carboxylic acids is 1. The number of amides is 2. The number of aliphatic carboxylic acids is 1. The molecule has 2 fully saturated rings. The van der Waals surface area contributed by atoms with Gasteiger partial charge in [0.05, 0.1) is 12.8 Å². The first-order valence-electron chi connectivity index (χ1n) is 20.1. The molecule has 0 heterocycles.